The Labute approximate surface area is 69.2 Å². The normalized spacial score (nSPS) is 28.0. The first-order valence-corrected chi connectivity index (χ1v) is 4.65. The van der Waals surface area contributed by atoms with Crippen molar-refractivity contribution in [1.82, 2.24) is 0 Å². The molecule has 1 saturated carbocycles. The summed E-state index contributed by atoms with van der Waals surface area (Å²) in [5.41, 5.74) is 0. The predicted molar refractivity (Wildman–Crippen MR) is 46.4 cm³/mol. The molecule has 0 radical (unpaired) electrons. The fourth-order valence-corrected chi connectivity index (χ4v) is 1.86. The second-order valence-corrected chi connectivity index (χ2v) is 4.07. The van der Waals surface area contributed by atoms with Crippen molar-refractivity contribution >= 4 is 5.78 Å². The number of Topliss-reactive ketones (excluding diaryl/α,β-unsaturated/α-hetero) is 1. The van der Waals surface area contributed by atoms with Crippen molar-refractivity contribution in [1.29, 1.82) is 0 Å². The van der Waals surface area contributed by atoms with E-state index >= 15 is 0 Å². The maximum atomic E-state index is 11.3. The highest BCUT2D eigenvalue weighted by Crippen LogP contribution is 2.31. The van der Waals surface area contributed by atoms with Gasteiger partial charge in [0.2, 0.25) is 0 Å². The Morgan fingerprint density at radius 1 is 1.36 bits per heavy atom. The molecule has 0 spiro atoms. The van der Waals surface area contributed by atoms with Crippen LogP contribution >= 0.6 is 0 Å². The van der Waals surface area contributed by atoms with Crippen LogP contribution in [0.2, 0.25) is 0 Å². The second-order valence-electron chi connectivity index (χ2n) is 4.07. The lowest BCUT2D eigenvalue weighted by Gasteiger charge is -2.20. The minimum absolute atomic E-state index is 0.384. The molecule has 0 aliphatic heterocycles. The summed E-state index contributed by atoms with van der Waals surface area (Å²) >= 11 is 0. The molecule has 0 aromatic heterocycles. The molecule has 0 aromatic carbocycles. The van der Waals surface area contributed by atoms with Gasteiger partial charge in [0.1, 0.15) is 5.78 Å². The quantitative estimate of drug-likeness (QED) is 0.597. The molecule has 1 aliphatic rings. The van der Waals surface area contributed by atoms with Gasteiger partial charge in [0.25, 0.3) is 0 Å². The van der Waals surface area contributed by atoms with Crippen LogP contribution in [0.4, 0.5) is 0 Å². The van der Waals surface area contributed by atoms with Crippen molar-refractivity contribution < 1.29 is 4.79 Å². The number of hydrogen-bond donors (Lipinski definition) is 0. The van der Waals surface area contributed by atoms with Crippen molar-refractivity contribution in [3.05, 3.63) is 0 Å². The van der Waals surface area contributed by atoms with Crippen molar-refractivity contribution in [2.24, 2.45) is 17.8 Å². The molecule has 0 heterocycles. The van der Waals surface area contributed by atoms with E-state index in [4.69, 9.17) is 0 Å². The van der Waals surface area contributed by atoms with Gasteiger partial charge in [-0.1, -0.05) is 20.8 Å². The van der Waals surface area contributed by atoms with Crippen LogP contribution < -0.4 is 0 Å². The fourth-order valence-electron chi connectivity index (χ4n) is 1.86. The van der Waals surface area contributed by atoms with Crippen LogP contribution in [0.3, 0.4) is 0 Å². The van der Waals surface area contributed by atoms with Crippen LogP contribution in [0.25, 0.3) is 0 Å². The number of carbonyl (C=O) groups is 1. The Hall–Kier alpha value is -0.330. The van der Waals surface area contributed by atoms with Gasteiger partial charge in [-0.25, -0.2) is 0 Å². The SMILES string of the molecule is CC(C)C(C)C1CCCC1=O. The topological polar surface area (TPSA) is 17.1 Å². The van der Waals surface area contributed by atoms with Gasteiger partial charge in [-0.15, -0.1) is 0 Å². The van der Waals surface area contributed by atoms with Gasteiger partial charge in [0, 0.05) is 12.3 Å². The highest BCUT2D eigenvalue weighted by Gasteiger charge is 2.30. The lowest BCUT2D eigenvalue weighted by Crippen LogP contribution is -2.20. The van der Waals surface area contributed by atoms with E-state index in [0.717, 1.165) is 19.3 Å². The minimum atomic E-state index is 0.384. The monoisotopic (exact) mass is 154 g/mol. The Morgan fingerprint density at radius 2 is 2.00 bits per heavy atom. The summed E-state index contributed by atoms with van der Waals surface area (Å²) in [4.78, 5) is 11.3. The summed E-state index contributed by atoms with van der Waals surface area (Å²) in [7, 11) is 0. The third-order valence-corrected chi connectivity index (χ3v) is 3.04. The zero-order valence-electron chi connectivity index (χ0n) is 7.76. The van der Waals surface area contributed by atoms with E-state index in [0.29, 0.717) is 23.5 Å². The van der Waals surface area contributed by atoms with E-state index in [2.05, 4.69) is 20.8 Å². The lowest BCUT2D eigenvalue weighted by atomic mass is 9.83. The Morgan fingerprint density at radius 3 is 2.36 bits per heavy atom. The third-order valence-electron chi connectivity index (χ3n) is 3.04. The summed E-state index contributed by atoms with van der Waals surface area (Å²) in [6, 6.07) is 0. The number of carbonyl (C=O) groups excluding carboxylic acids is 1. The molecule has 64 valence electrons. The molecule has 0 aromatic rings. The van der Waals surface area contributed by atoms with E-state index in [9.17, 15) is 4.79 Å². The van der Waals surface area contributed by atoms with Crippen molar-refractivity contribution in [2.75, 3.05) is 0 Å². The average molecular weight is 154 g/mol. The van der Waals surface area contributed by atoms with Crippen LogP contribution in [-0.2, 0) is 4.79 Å². The highest BCUT2D eigenvalue weighted by atomic mass is 16.1. The Kier molecular flexibility index (Phi) is 2.69. The average Bonchev–Trinajstić information content (AvgIpc) is 2.33. The predicted octanol–water partition coefficient (Wildman–Crippen LogP) is 2.65. The maximum absolute atomic E-state index is 11.3. The first-order chi connectivity index (χ1) is 5.13. The molecule has 0 saturated heterocycles. The van der Waals surface area contributed by atoms with E-state index < -0.39 is 0 Å². The van der Waals surface area contributed by atoms with Gasteiger partial charge < -0.3 is 0 Å². The summed E-state index contributed by atoms with van der Waals surface area (Å²) in [6.07, 6.45) is 3.10. The maximum Gasteiger partial charge on any atom is 0.136 e. The number of ketones is 1. The van der Waals surface area contributed by atoms with Crippen LogP contribution in [0.1, 0.15) is 40.0 Å². The van der Waals surface area contributed by atoms with Gasteiger partial charge in [-0.3, -0.25) is 4.79 Å². The smallest absolute Gasteiger partial charge is 0.136 e. The van der Waals surface area contributed by atoms with Gasteiger partial charge in [0.05, 0.1) is 0 Å². The molecular weight excluding hydrogens is 136 g/mol. The number of rotatable bonds is 2. The Balaban J connectivity index is 2.52. The lowest BCUT2D eigenvalue weighted by molar-refractivity contribution is -0.122. The molecule has 0 bridgehead atoms. The molecule has 0 N–H and O–H groups in total. The number of hydrogen-bond acceptors (Lipinski definition) is 1. The second kappa shape index (κ2) is 3.38. The van der Waals surface area contributed by atoms with Gasteiger partial charge >= 0.3 is 0 Å². The molecule has 1 fully saturated rings. The van der Waals surface area contributed by atoms with E-state index in [1.807, 2.05) is 0 Å². The van der Waals surface area contributed by atoms with E-state index in [-0.39, 0.29) is 0 Å². The minimum Gasteiger partial charge on any atom is -0.299 e. The zero-order valence-corrected chi connectivity index (χ0v) is 7.76. The van der Waals surface area contributed by atoms with Crippen molar-refractivity contribution in [3.63, 3.8) is 0 Å². The third kappa shape index (κ3) is 1.82. The van der Waals surface area contributed by atoms with Gasteiger partial charge in [-0.2, -0.15) is 0 Å². The molecular formula is C10H18O. The molecule has 1 heteroatoms. The van der Waals surface area contributed by atoms with Crippen LogP contribution in [0.15, 0.2) is 0 Å². The first-order valence-electron chi connectivity index (χ1n) is 4.65. The molecule has 1 aliphatic carbocycles. The van der Waals surface area contributed by atoms with Crippen LogP contribution in [0.5, 0.6) is 0 Å². The largest absolute Gasteiger partial charge is 0.299 e. The first kappa shape index (κ1) is 8.76. The van der Waals surface area contributed by atoms with E-state index in [1.54, 1.807) is 0 Å². The molecule has 0 amide bonds. The van der Waals surface area contributed by atoms with Crippen molar-refractivity contribution in [3.8, 4) is 0 Å². The van der Waals surface area contributed by atoms with Gasteiger partial charge in [-0.05, 0) is 24.7 Å². The Bertz CT molecular complexity index is 149. The summed E-state index contributed by atoms with van der Waals surface area (Å²) < 4.78 is 0. The van der Waals surface area contributed by atoms with Crippen LogP contribution in [0, 0.1) is 17.8 Å². The summed E-state index contributed by atoms with van der Waals surface area (Å²) in [6.45, 7) is 6.62. The fraction of sp³-hybridized carbons (Fsp3) is 0.900. The molecule has 2 atom stereocenters. The molecule has 1 rings (SSSR count). The van der Waals surface area contributed by atoms with Crippen molar-refractivity contribution in [2.45, 2.75) is 40.0 Å². The standard InChI is InChI=1S/C10H18O/c1-7(2)8(3)9-5-4-6-10(9)11/h7-9H,4-6H2,1-3H3. The molecule has 11 heavy (non-hydrogen) atoms. The summed E-state index contributed by atoms with van der Waals surface area (Å²) in [5, 5.41) is 0. The van der Waals surface area contributed by atoms with Gasteiger partial charge in [0.15, 0.2) is 0 Å². The zero-order chi connectivity index (χ0) is 8.43. The van der Waals surface area contributed by atoms with Crippen LogP contribution in [-0.4, -0.2) is 5.78 Å². The summed E-state index contributed by atoms with van der Waals surface area (Å²) in [5.74, 6) is 2.13. The molecule has 2 unspecified atom stereocenters. The van der Waals surface area contributed by atoms with E-state index in [1.165, 1.54) is 0 Å². The molecule has 1 nitrogen and oxygen atoms in total. The highest BCUT2D eigenvalue weighted by molar-refractivity contribution is 5.83.